The molecule has 0 unspecified atom stereocenters. The van der Waals surface area contributed by atoms with Crippen molar-refractivity contribution in [1.29, 1.82) is 0 Å². The van der Waals surface area contributed by atoms with Crippen LogP contribution in [0.1, 0.15) is 0 Å². The van der Waals surface area contributed by atoms with Crippen LogP contribution in [0.2, 0.25) is 0 Å². The summed E-state index contributed by atoms with van der Waals surface area (Å²) in [5.74, 6) is 0. The molecule has 0 atom stereocenters. The van der Waals surface area contributed by atoms with E-state index in [0.717, 1.165) is 0 Å². The summed E-state index contributed by atoms with van der Waals surface area (Å²) in [4.78, 5) is 29.3. The number of rotatable bonds is 0. The minimum atomic E-state index is -4.61. The van der Waals surface area contributed by atoms with Crippen LogP contribution in [0.4, 0.5) is 0 Å². The summed E-state index contributed by atoms with van der Waals surface area (Å²) in [5.41, 5.74) is 0. The second kappa shape index (κ2) is 13.9. The molecule has 0 saturated carbocycles. The molecule has 0 rings (SSSR count). The molecule has 0 aliphatic carbocycles. The zero-order valence-corrected chi connectivity index (χ0v) is 3.79. The van der Waals surface area contributed by atoms with E-state index in [-0.39, 0.29) is 109 Å². The van der Waals surface area contributed by atoms with E-state index in [4.69, 9.17) is 19.2 Å². The van der Waals surface area contributed by atoms with Gasteiger partial charge in [-0.25, -0.2) is 0 Å². The Balaban J connectivity index is -0.0000000133. The summed E-state index contributed by atoms with van der Waals surface area (Å²) < 4.78 is 0. The van der Waals surface area contributed by atoms with Gasteiger partial charge in [-0.3, -0.25) is 0 Å². The molecule has 0 heterocycles. The number of hydrogen-bond donors (Lipinski definition) is 4. The maximum absolute atomic E-state index is 7.33. The van der Waals surface area contributed by atoms with E-state index in [9.17, 15) is 0 Å². The first-order valence-electron chi connectivity index (χ1n) is 0.894. The predicted octanol–water partition coefficient (Wildman–Crippen LogP) is -6.45. The molecule has 0 aromatic carbocycles. The van der Waals surface area contributed by atoms with E-state index in [0.29, 0.717) is 0 Å². The Labute approximate surface area is 134 Å². The van der Waals surface area contributed by atoms with Gasteiger partial charge in [-0.05, 0) is 0 Å². The van der Waals surface area contributed by atoms with E-state index in [2.05, 4.69) is 0 Å². The van der Waals surface area contributed by atoms with Gasteiger partial charge in [-0.2, -0.15) is 0 Å². The molecule has 0 saturated heterocycles. The van der Waals surface area contributed by atoms with Gasteiger partial charge in [0.15, 0.2) is 17.4 Å². The van der Waals surface area contributed by atoms with Crippen LogP contribution in [0.15, 0.2) is 0 Å². The standard InChI is InChI=1S/Al.Ba.Ca.H4O4Si.H2O.7H/c;;;1-5(2,3)4;;;;;;;;/h;;;1-4H;1H2;;;;;;;. The Hall–Kier alpha value is 3.38. The van der Waals surface area contributed by atoms with E-state index in [1.54, 1.807) is 0 Å². The Bertz CT molecular complexity index is 32.4. The fourth-order valence-corrected chi connectivity index (χ4v) is 0. The topological polar surface area (TPSA) is 112 Å². The van der Waals surface area contributed by atoms with Gasteiger partial charge < -0.3 is 24.7 Å². The Morgan fingerprint density at radius 3 is 0.889 bits per heavy atom. The van der Waals surface area contributed by atoms with Gasteiger partial charge in [-0.15, -0.1) is 0 Å². The van der Waals surface area contributed by atoms with Crippen LogP contribution in [-0.4, -0.2) is 138 Å². The van der Waals surface area contributed by atoms with Gasteiger partial charge >= 0.3 is 95.7 Å². The quantitative estimate of drug-likeness (QED) is 0.332. The molecular formula is H13AlBaCaO5Si. The van der Waals surface area contributed by atoms with Crippen molar-refractivity contribution >= 4 is 113 Å². The van der Waals surface area contributed by atoms with Crippen molar-refractivity contribution in [1.82, 2.24) is 0 Å². The normalized spacial score (nSPS) is 6.67. The number of hydrogen-bond acceptors (Lipinski definition) is 4. The Kier molecular flexibility index (Phi) is 45.6. The van der Waals surface area contributed by atoms with Crippen molar-refractivity contribution in [3.8, 4) is 0 Å². The van der Waals surface area contributed by atoms with Gasteiger partial charge in [0.25, 0.3) is 0 Å². The predicted molar refractivity (Wildman–Crippen MR) is 45.3 cm³/mol. The first-order valence-corrected chi connectivity index (χ1v) is 2.68. The van der Waals surface area contributed by atoms with Gasteiger partial charge in [-0.1, -0.05) is 0 Å². The fraction of sp³-hybridized carbons (Fsp3) is 0. The summed E-state index contributed by atoms with van der Waals surface area (Å²) in [5, 5.41) is 0. The van der Waals surface area contributed by atoms with E-state index in [1.807, 2.05) is 0 Å². The molecule has 0 amide bonds. The van der Waals surface area contributed by atoms with Crippen LogP contribution >= 0.6 is 0 Å². The molecule has 0 fully saturated rings. The van der Waals surface area contributed by atoms with E-state index >= 15 is 0 Å². The van der Waals surface area contributed by atoms with Crippen molar-refractivity contribution in [3.05, 3.63) is 0 Å². The van der Waals surface area contributed by atoms with Gasteiger partial charge in [0.1, 0.15) is 0 Å². The molecule has 0 aliphatic rings. The third-order valence-corrected chi connectivity index (χ3v) is 0. The molecule has 0 aromatic rings. The SMILES string of the molecule is O.O[Si](O)(O)O.[AlH3].[BaH2].[CaH2]. The van der Waals surface area contributed by atoms with Crippen molar-refractivity contribution in [2.45, 2.75) is 0 Å². The van der Waals surface area contributed by atoms with Crippen LogP contribution in [0.5, 0.6) is 0 Å². The molecule has 0 bridgehead atoms. The van der Waals surface area contributed by atoms with Crippen LogP contribution in [0, 0.1) is 0 Å². The van der Waals surface area contributed by atoms with Crippen molar-refractivity contribution in [3.63, 3.8) is 0 Å². The third-order valence-electron chi connectivity index (χ3n) is 0. The monoisotopic (exact) mass is 326 g/mol. The zero-order chi connectivity index (χ0) is 4.50. The van der Waals surface area contributed by atoms with Gasteiger partial charge in [0.2, 0.25) is 0 Å². The molecule has 9 heteroatoms. The van der Waals surface area contributed by atoms with E-state index < -0.39 is 9.05 Å². The molecule has 0 aromatic heterocycles. The second-order valence-corrected chi connectivity index (χ2v) is 1.80. The fourth-order valence-electron chi connectivity index (χ4n) is 0. The summed E-state index contributed by atoms with van der Waals surface area (Å²) in [6.07, 6.45) is 0. The molecule has 0 aliphatic heterocycles. The van der Waals surface area contributed by atoms with Crippen molar-refractivity contribution in [2.75, 3.05) is 0 Å². The van der Waals surface area contributed by atoms with E-state index in [1.165, 1.54) is 0 Å². The second-order valence-electron chi connectivity index (χ2n) is 0.600. The Morgan fingerprint density at radius 2 is 0.889 bits per heavy atom. The summed E-state index contributed by atoms with van der Waals surface area (Å²) in [6, 6.07) is 0. The first kappa shape index (κ1) is 29.4. The van der Waals surface area contributed by atoms with Crippen LogP contribution in [0.3, 0.4) is 0 Å². The zero-order valence-electron chi connectivity index (χ0n) is 2.79. The summed E-state index contributed by atoms with van der Waals surface area (Å²) in [6.45, 7) is 0. The average Bonchev–Trinajstić information content (AvgIpc) is 0.722. The molecule has 54 valence electrons. The van der Waals surface area contributed by atoms with Crippen molar-refractivity contribution < 1.29 is 24.7 Å². The summed E-state index contributed by atoms with van der Waals surface area (Å²) in [7, 11) is -4.61. The minimum absolute atomic E-state index is 0. The van der Waals surface area contributed by atoms with Crippen LogP contribution < -0.4 is 0 Å². The first-order chi connectivity index (χ1) is 2.00. The van der Waals surface area contributed by atoms with Crippen LogP contribution in [-0.2, 0) is 0 Å². The van der Waals surface area contributed by atoms with Crippen LogP contribution in [0.25, 0.3) is 0 Å². The molecule has 6 N–H and O–H groups in total. The summed E-state index contributed by atoms with van der Waals surface area (Å²) >= 11 is 0. The molecule has 0 radical (unpaired) electrons. The maximum atomic E-state index is 7.33. The molecular weight excluding hydrogens is 312 g/mol. The third kappa shape index (κ3) is 87.6. The average molecular weight is 326 g/mol. The Morgan fingerprint density at radius 1 is 0.889 bits per heavy atom. The van der Waals surface area contributed by atoms with Crippen molar-refractivity contribution in [2.24, 2.45) is 0 Å². The molecule has 0 spiro atoms. The molecule has 5 nitrogen and oxygen atoms in total. The van der Waals surface area contributed by atoms with Gasteiger partial charge in [0.05, 0.1) is 0 Å². The molecule has 9 heavy (non-hydrogen) atoms. The van der Waals surface area contributed by atoms with Gasteiger partial charge in [0, 0.05) is 0 Å².